The van der Waals surface area contributed by atoms with E-state index in [0.29, 0.717) is 18.6 Å². The summed E-state index contributed by atoms with van der Waals surface area (Å²) >= 11 is 0. The van der Waals surface area contributed by atoms with Gasteiger partial charge in [-0.15, -0.1) is 0 Å². The van der Waals surface area contributed by atoms with Gasteiger partial charge in [0.15, 0.2) is 0 Å². The number of fused-ring (bicyclic) bond motifs is 1. The second kappa shape index (κ2) is 5.57. The summed E-state index contributed by atoms with van der Waals surface area (Å²) in [7, 11) is 4.20. The first kappa shape index (κ1) is 14.6. The second-order valence-corrected chi connectivity index (χ2v) is 6.96. The lowest BCUT2D eigenvalue weighted by atomic mass is 9.85. The van der Waals surface area contributed by atoms with Crippen molar-refractivity contribution in [2.75, 3.05) is 20.6 Å². The molecule has 2 heterocycles. The van der Waals surface area contributed by atoms with E-state index in [1.807, 2.05) is 23.2 Å². The van der Waals surface area contributed by atoms with E-state index in [0.717, 1.165) is 24.8 Å². The minimum Gasteiger partial charge on any atom is -0.444 e. The number of nitrogens with zero attached hydrogens (tertiary/aromatic N) is 2. The first-order valence-electron chi connectivity index (χ1n) is 8.30. The molecule has 4 rings (SSSR count). The molecule has 0 spiro atoms. The molecule has 0 radical (unpaired) electrons. The molecule has 1 aromatic carbocycles. The van der Waals surface area contributed by atoms with Crippen molar-refractivity contribution in [3.05, 3.63) is 36.0 Å². The maximum absolute atomic E-state index is 12.2. The highest BCUT2D eigenvalue weighted by atomic mass is 16.6. The van der Waals surface area contributed by atoms with Gasteiger partial charge in [-0.05, 0) is 38.6 Å². The van der Waals surface area contributed by atoms with Gasteiger partial charge >= 0.3 is 6.09 Å². The van der Waals surface area contributed by atoms with Crippen LogP contribution in [0.15, 0.2) is 30.5 Å². The molecule has 2 fully saturated rings. The Hall–Kier alpha value is -2.01. The molecule has 122 valence electrons. The third kappa shape index (κ3) is 2.59. The van der Waals surface area contributed by atoms with Gasteiger partial charge in [0.25, 0.3) is 0 Å². The van der Waals surface area contributed by atoms with Crippen LogP contribution in [-0.2, 0) is 11.2 Å². The monoisotopic (exact) mass is 313 g/mol. The quantitative estimate of drug-likeness (QED) is 0.944. The van der Waals surface area contributed by atoms with Gasteiger partial charge < -0.3 is 19.5 Å². The van der Waals surface area contributed by atoms with Crippen LogP contribution in [0.4, 0.5) is 4.79 Å². The van der Waals surface area contributed by atoms with Crippen molar-refractivity contribution < 1.29 is 9.53 Å². The molecule has 0 bridgehead atoms. The Balaban J connectivity index is 1.41. The molecule has 1 saturated carbocycles. The topological polar surface area (TPSA) is 48.6 Å². The number of aromatic nitrogens is 1. The molecule has 5 heteroatoms. The summed E-state index contributed by atoms with van der Waals surface area (Å²) in [4.78, 5) is 19.6. The zero-order valence-electron chi connectivity index (χ0n) is 13.7. The fourth-order valence-corrected chi connectivity index (χ4v) is 3.73. The Morgan fingerprint density at radius 3 is 2.87 bits per heavy atom. The van der Waals surface area contributed by atoms with Gasteiger partial charge in [0, 0.05) is 35.6 Å². The van der Waals surface area contributed by atoms with Gasteiger partial charge in [0.1, 0.15) is 6.10 Å². The van der Waals surface area contributed by atoms with E-state index in [9.17, 15) is 4.79 Å². The highest BCUT2D eigenvalue weighted by Gasteiger charge is 2.42. The average molecular weight is 313 g/mol. The van der Waals surface area contributed by atoms with Crippen LogP contribution >= 0.6 is 0 Å². The Kier molecular flexibility index (Phi) is 3.53. The lowest BCUT2D eigenvalue weighted by Gasteiger charge is -2.43. The van der Waals surface area contributed by atoms with Gasteiger partial charge in [-0.1, -0.05) is 18.2 Å². The predicted octanol–water partition coefficient (Wildman–Crippen LogP) is 2.62. The van der Waals surface area contributed by atoms with Crippen LogP contribution in [0.3, 0.4) is 0 Å². The number of cyclic esters (lactones) is 1. The summed E-state index contributed by atoms with van der Waals surface area (Å²) in [6.07, 6.45) is 4.74. The predicted molar refractivity (Wildman–Crippen MR) is 89.5 cm³/mol. The zero-order valence-corrected chi connectivity index (χ0v) is 13.7. The van der Waals surface area contributed by atoms with Crippen LogP contribution in [-0.4, -0.2) is 59.7 Å². The Morgan fingerprint density at radius 1 is 1.30 bits per heavy atom. The van der Waals surface area contributed by atoms with Crippen LogP contribution < -0.4 is 0 Å². The lowest BCUT2D eigenvalue weighted by Crippen LogP contribution is -2.52. The number of ether oxygens (including phenoxy) is 1. The van der Waals surface area contributed by atoms with Crippen molar-refractivity contribution in [2.45, 2.75) is 37.5 Å². The van der Waals surface area contributed by atoms with Crippen LogP contribution in [0.2, 0.25) is 0 Å². The van der Waals surface area contributed by atoms with E-state index in [2.05, 4.69) is 36.1 Å². The normalized spacial score (nSPS) is 27.5. The Morgan fingerprint density at radius 2 is 2.09 bits per heavy atom. The number of benzene rings is 1. The fourth-order valence-electron chi connectivity index (χ4n) is 3.73. The average Bonchev–Trinajstić information content (AvgIpc) is 3.03. The lowest BCUT2D eigenvalue weighted by molar-refractivity contribution is 0.0752. The molecule has 1 aromatic heterocycles. The molecular formula is C18H23N3O2. The third-order valence-corrected chi connectivity index (χ3v) is 5.28. The number of para-hydroxylation sites is 1. The molecule has 1 amide bonds. The molecule has 2 aliphatic rings. The molecule has 1 N–H and O–H groups in total. The van der Waals surface area contributed by atoms with E-state index in [1.54, 1.807) is 0 Å². The second-order valence-electron chi connectivity index (χ2n) is 6.96. The summed E-state index contributed by atoms with van der Waals surface area (Å²) < 4.78 is 5.61. The maximum atomic E-state index is 12.2. The van der Waals surface area contributed by atoms with E-state index in [1.165, 1.54) is 10.9 Å². The summed E-state index contributed by atoms with van der Waals surface area (Å²) in [6, 6.07) is 9.20. The van der Waals surface area contributed by atoms with Gasteiger partial charge in [0.05, 0.1) is 6.54 Å². The van der Waals surface area contributed by atoms with Gasteiger partial charge in [-0.3, -0.25) is 0 Å². The molecule has 1 aliphatic heterocycles. The van der Waals surface area contributed by atoms with E-state index < -0.39 is 0 Å². The van der Waals surface area contributed by atoms with Crippen molar-refractivity contribution in [1.29, 1.82) is 0 Å². The van der Waals surface area contributed by atoms with E-state index >= 15 is 0 Å². The molecule has 23 heavy (non-hydrogen) atoms. The van der Waals surface area contributed by atoms with E-state index in [4.69, 9.17) is 4.74 Å². The zero-order chi connectivity index (χ0) is 16.0. The Bertz CT molecular complexity index is 718. The molecule has 2 aromatic rings. The highest BCUT2D eigenvalue weighted by Crippen LogP contribution is 2.32. The first-order chi connectivity index (χ1) is 11.1. The standard InChI is InChI=1S/C18H23N3O2/c1-20(2)13-8-14(9-13)21-11-15(23-18(21)22)7-12-10-19-17-6-4-3-5-16(12)17/h3-6,10,13-15,19H,7-9,11H2,1-2H3/t13?,14?,15-/m0/s1. The van der Waals surface area contributed by atoms with Crippen molar-refractivity contribution >= 4 is 17.0 Å². The maximum Gasteiger partial charge on any atom is 0.410 e. The van der Waals surface area contributed by atoms with Gasteiger partial charge in [-0.25, -0.2) is 4.79 Å². The summed E-state index contributed by atoms with van der Waals surface area (Å²) in [5.74, 6) is 0. The number of hydrogen-bond donors (Lipinski definition) is 1. The molecular weight excluding hydrogens is 290 g/mol. The minimum atomic E-state index is -0.142. The number of carbonyl (C=O) groups is 1. The van der Waals surface area contributed by atoms with Crippen LogP contribution in [0, 0.1) is 0 Å². The number of aromatic amines is 1. The molecule has 1 saturated heterocycles. The van der Waals surface area contributed by atoms with Crippen molar-refractivity contribution in [3.63, 3.8) is 0 Å². The van der Waals surface area contributed by atoms with E-state index in [-0.39, 0.29) is 12.2 Å². The van der Waals surface area contributed by atoms with Crippen LogP contribution in [0.5, 0.6) is 0 Å². The van der Waals surface area contributed by atoms with Crippen molar-refractivity contribution in [3.8, 4) is 0 Å². The molecule has 0 unspecified atom stereocenters. The number of rotatable bonds is 4. The van der Waals surface area contributed by atoms with Crippen LogP contribution in [0.1, 0.15) is 18.4 Å². The summed E-state index contributed by atoms with van der Waals surface area (Å²) in [5.41, 5.74) is 2.36. The molecule has 5 nitrogen and oxygen atoms in total. The van der Waals surface area contributed by atoms with Crippen LogP contribution in [0.25, 0.3) is 10.9 Å². The first-order valence-corrected chi connectivity index (χ1v) is 8.30. The van der Waals surface area contributed by atoms with Crippen molar-refractivity contribution in [2.24, 2.45) is 0 Å². The third-order valence-electron chi connectivity index (χ3n) is 5.28. The van der Waals surface area contributed by atoms with Crippen molar-refractivity contribution in [1.82, 2.24) is 14.8 Å². The number of hydrogen-bond acceptors (Lipinski definition) is 3. The highest BCUT2D eigenvalue weighted by molar-refractivity contribution is 5.83. The fraction of sp³-hybridized carbons (Fsp3) is 0.500. The van der Waals surface area contributed by atoms with Gasteiger partial charge in [-0.2, -0.15) is 0 Å². The number of H-pyrrole nitrogens is 1. The van der Waals surface area contributed by atoms with Gasteiger partial charge in [0.2, 0.25) is 0 Å². The smallest absolute Gasteiger partial charge is 0.410 e. The number of amides is 1. The molecule has 1 aliphatic carbocycles. The molecule has 1 atom stereocenters. The minimum absolute atomic E-state index is 0.0416. The number of carbonyl (C=O) groups excluding carboxylic acids is 1. The largest absolute Gasteiger partial charge is 0.444 e. The summed E-state index contributed by atoms with van der Waals surface area (Å²) in [6.45, 7) is 0.711. The summed E-state index contributed by atoms with van der Waals surface area (Å²) in [5, 5.41) is 1.22. The Labute approximate surface area is 136 Å². The number of nitrogens with one attached hydrogen (secondary N) is 1. The SMILES string of the molecule is CN(C)C1CC(N2C[C@H](Cc3c[nH]c4ccccc34)OC2=O)C1.